The average Bonchev–Trinajstić information content (AvgIpc) is 2.34. The Morgan fingerprint density at radius 3 is 2.94 bits per heavy atom. The molecular formula is C14H21N3O. The molecule has 18 heavy (non-hydrogen) atoms. The lowest BCUT2D eigenvalue weighted by molar-refractivity contribution is 0.127. The Morgan fingerprint density at radius 1 is 1.33 bits per heavy atom. The molecule has 2 heterocycles. The number of ether oxygens (including phenoxy) is 1. The number of nitrogens with zero attached hydrogens (tertiary/aromatic N) is 2. The third-order valence-electron chi connectivity index (χ3n) is 3.94. The van der Waals surface area contributed by atoms with Crippen LogP contribution in [0.1, 0.15) is 54.9 Å². The molecule has 1 saturated carbocycles. The summed E-state index contributed by atoms with van der Waals surface area (Å²) < 4.78 is 5.46. The fourth-order valence-electron chi connectivity index (χ4n) is 2.70. The maximum absolute atomic E-state index is 5.46. The van der Waals surface area contributed by atoms with E-state index in [2.05, 4.69) is 10.3 Å². The highest BCUT2D eigenvalue weighted by Crippen LogP contribution is 2.38. The molecule has 1 fully saturated rings. The summed E-state index contributed by atoms with van der Waals surface area (Å²) in [6, 6.07) is 0. The van der Waals surface area contributed by atoms with Crippen LogP contribution in [0.3, 0.4) is 0 Å². The van der Waals surface area contributed by atoms with Crippen molar-refractivity contribution in [1.29, 1.82) is 0 Å². The molecule has 0 unspecified atom stereocenters. The van der Waals surface area contributed by atoms with E-state index in [4.69, 9.17) is 9.72 Å². The Hall–Kier alpha value is -1.00. The molecule has 3 rings (SSSR count). The van der Waals surface area contributed by atoms with Crippen molar-refractivity contribution >= 4 is 0 Å². The topological polar surface area (TPSA) is 47.0 Å². The molecule has 2 aliphatic rings. The van der Waals surface area contributed by atoms with Gasteiger partial charge in [-0.2, -0.15) is 0 Å². The van der Waals surface area contributed by atoms with E-state index in [1.54, 1.807) is 0 Å². The Morgan fingerprint density at radius 2 is 2.22 bits per heavy atom. The fourth-order valence-corrected chi connectivity index (χ4v) is 2.70. The summed E-state index contributed by atoms with van der Waals surface area (Å²) in [6.07, 6.45) is 4.95. The SMILES string of the molecule is CCOCc1nc2c(c(C3CCC3)n1)CNCC2. The van der Waals surface area contributed by atoms with Gasteiger partial charge in [-0.05, 0) is 19.8 Å². The number of hydrogen-bond acceptors (Lipinski definition) is 4. The molecule has 0 radical (unpaired) electrons. The van der Waals surface area contributed by atoms with Crippen LogP contribution < -0.4 is 5.32 Å². The highest BCUT2D eigenvalue weighted by molar-refractivity contribution is 5.31. The van der Waals surface area contributed by atoms with Gasteiger partial charge >= 0.3 is 0 Å². The maximum atomic E-state index is 5.46. The summed E-state index contributed by atoms with van der Waals surface area (Å²) in [7, 11) is 0. The second-order valence-corrected chi connectivity index (χ2v) is 5.14. The van der Waals surface area contributed by atoms with E-state index in [0.29, 0.717) is 12.5 Å². The first-order valence-corrected chi connectivity index (χ1v) is 7.05. The zero-order valence-corrected chi connectivity index (χ0v) is 11.0. The lowest BCUT2D eigenvalue weighted by Gasteiger charge is -2.29. The van der Waals surface area contributed by atoms with E-state index in [-0.39, 0.29) is 0 Å². The third-order valence-corrected chi connectivity index (χ3v) is 3.94. The molecule has 1 aliphatic heterocycles. The normalized spacial score (nSPS) is 19.4. The molecule has 0 saturated heterocycles. The molecule has 0 amide bonds. The second kappa shape index (κ2) is 5.33. The van der Waals surface area contributed by atoms with Crippen LogP contribution in [0.15, 0.2) is 0 Å². The second-order valence-electron chi connectivity index (χ2n) is 5.14. The van der Waals surface area contributed by atoms with Gasteiger partial charge in [-0.25, -0.2) is 9.97 Å². The number of nitrogens with one attached hydrogen (secondary N) is 1. The fraction of sp³-hybridized carbons (Fsp3) is 0.714. The predicted octanol–water partition coefficient (Wildman–Crippen LogP) is 1.93. The number of fused-ring (bicyclic) bond motifs is 1. The minimum Gasteiger partial charge on any atom is -0.374 e. The monoisotopic (exact) mass is 247 g/mol. The molecule has 4 heteroatoms. The molecule has 98 valence electrons. The van der Waals surface area contributed by atoms with Crippen LogP contribution >= 0.6 is 0 Å². The van der Waals surface area contributed by atoms with Crippen molar-refractivity contribution in [2.24, 2.45) is 0 Å². The van der Waals surface area contributed by atoms with Crippen molar-refractivity contribution < 1.29 is 4.74 Å². The number of hydrogen-bond donors (Lipinski definition) is 1. The molecule has 0 atom stereocenters. The van der Waals surface area contributed by atoms with Crippen molar-refractivity contribution in [2.75, 3.05) is 13.2 Å². The molecule has 1 aliphatic carbocycles. The highest BCUT2D eigenvalue weighted by Gasteiger charge is 2.27. The quantitative estimate of drug-likeness (QED) is 0.883. The molecule has 1 N–H and O–H groups in total. The van der Waals surface area contributed by atoms with Crippen LogP contribution in [0, 0.1) is 0 Å². The van der Waals surface area contributed by atoms with Crippen LogP contribution in [0.4, 0.5) is 0 Å². The smallest absolute Gasteiger partial charge is 0.154 e. The summed E-state index contributed by atoms with van der Waals surface area (Å²) in [5.74, 6) is 1.54. The maximum Gasteiger partial charge on any atom is 0.154 e. The van der Waals surface area contributed by atoms with E-state index in [0.717, 1.165) is 31.9 Å². The number of rotatable bonds is 4. The first kappa shape index (κ1) is 12.1. The van der Waals surface area contributed by atoms with E-state index in [1.165, 1.54) is 36.2 Å². The lowest BCUT2D eigenvalue weighted by atomic mass is 9.80. The van der Waals surface area contributed by atoms with Crippen molar-refractivity contribution in [2.45, 2.75) is 51.7 Å². The Balaban J connectivity index is 1.92. The van der Waals surface area contributed by atoms with Gasteiger partial charge < -0.3 is 10.1 Å². The van der Waals surface area contributed by atoms with Gasteiger partial charge in [-0.3, -0.25) is 0 Å². The van der Waals surface area contributed by atoms with Crippen LogP contribution in [-0.4, -0.2) is 23.1 Å². The van der Waals surface area contributed by atoms with Gasteiger partial charge in [0.05, 0.1) is 11.4 Å². The van der Waals surface area contributed by atoms with Gasteiger partial charge in [-0.1, -0.05) is 6.42 Å². The first-order valence-electron chi connectivity index (χ1n) is 7.05. The lowest BCUT2D eigenvalue weighted by Crippen LogP contribution is -2.29. The van der Waals surface area contributed by atoms with Gasteiger partial charge in [-0.15, -0.1) is 0 Å². The van der Waals surface area contributed by atoms with Gasteiger partial charge in [0.1, 0.15) is 6.61 Å². The van der Waals surface area contributed by atoms with E-state index in [1.807, 2.05) is 6.92 Å². The van der Waals surface area contributed by atoms with Crippen LogP contribution in [-0.2, 0) is 24.3 Å². The Labute approximate surface area is 108 Å². The largest absolute Gasteiger partial charge is 0.374 e. The van der Waals surface area contributed by atoms with Crippen molar-refractivity contribution in [1.82, 2.24) is 15.3 Å². The van der Waals surface area contributed by atoms with Crippen molar-refractivity contribution in [3.05, 3.63) is 22.8 Å². The summed E-state index contributed by atoms with van der Waals surface area (Å²) in [5.41, 5.74) is 3.92. The van der Waals surface area contributed by atoms with Crippen LogP contribution in [0.5, 0.6) is 0 Å². The minimum absolute atomic E-state index is 0.553. The molecule has 0 spiro atoms. The molecule has 0 bridgehead atoms. The molecule has 1 aromatic heterocycles. The van der Waals surface area contributed by atoms with Gasteiger partial charge in [0.2, 0.25) is 0 Å². The van der Waals surface area contributed by atoms with Crippen LogP contribution in [0.2, 0.25) is 0 Å². The third kappa shape index (κ3) is 2.27. The van der Waals surface area contributed by atoms with Gasteiger partial charge in [0.15, 0.2) is 5.82 Å². The van der Waals surface area contributed by atoms with Crippen molar-refractivity contribution in [3.63, 3.8) is 0 Å². The standard InChI is InChI=1S/C14H21N3O/c1-2-18-9-13-16-12-6-7-15-8-11(12)14(17-13)10-4-3-5-10/h10,15H,2-9H2,1H3. The average molecular weight is 247 g/mol. The molecule has 4 nitrogen and oxygen atoms in total. The predicted molar refractivity (Wildman–Crippen MR) is 69.4 cm³/mol. The van der Waals surface area contributed by atoms with E-state index >= 15 is 0 Å². The summed E-state index contributed by atoms with van der Waals surface area (Å²) in [5, 5.41) is 3.44. The van der Waals surface area contributed by atoms with E-state index in [9.17, 15) is 0 Å². The first-order chi connectivity index (χ1) is 8.88. The summed E-state index contributed by atoms with van der Waals surface area (Å²) in [4.78, 5) is 9.45. The van der Waals surface area contributed by atoms with Gasteiger partial charge in [0.25, 0.3) is 0 Å². The number of aromatic nitrogens is 2. The molecule has 1 aromatic rings. The van der Waals surface area contributed by atoms with Crippen molar-refractivity contribution in [3.8, 4) is 0 Å². The molecule has 0 aromatic carbocycles. The molecular weight excluding hydrogens is 226 g/mol. The van der Waals surface area contributed by atoms with Gasteiger partial charge in [0, 0.05) is 37.6 Å². The zero-order chi connectivity index (χ0) is 12.4. The minimum atomic E-state index is 0.553. The Kier molecular flexibility index (Phi) is 3.57. The van der Waals surface area contributed by atoms with E-state index < -0.39 is 0 Å². The highest BCUT2D eigenvalue weighted by atomic mass is 16.5. The zero-order valence-electron chi connectivity index (χ0n) is 11.0. The Bertz CT molecular complexity index is 429. The summed E-state index contributed by atoms with van der Waals surface area (Å²) in [6.45, 7) is 5.26. The van der Waals surface area contributed by atoms with Crippen LogP contribution in [0.25, 0.3) is 0 Å². The summed E-state index contributed by atoms with van der Waals surface area (Å²) >= 11 is 0.